The average molecular weight is 428 g/mol. The number of benzene rings is 2. The van der Waals surface area contributed by atoms with Crippen molar-refractivity contribution in [2.75, 3.05) is 6.61 Å². The van der Waals surface area contributed by atoms with Crippen LogP contribution in [0, 0.1) is 0 Å². The summed E-state index contributed by atoms with van der Waals surface area (Å²) in [4.78, 5) is 16.4. The zero-order valence-electron chi connectivity index (χ0n) is 14.5. The molecule has 0 aliphatic rings. The molecule has 0 fully saturated rings. The van der Waals surface area contributed by atoms with Crippen LogP contribution in [0.25, 0.3) is 11.4 Å². The monoisotopic (exact) mass is 427 g/mol. The van der Waals surface area contributed by atoms with Crippen molar-refractivity contribution in [2.45, 2.75) is 12.4 Å². The second-order valence-electron chi connectivity index (χ2n) is 5.75. The second kappa shape index (κ2) is 8.50. The molecule has 0 aliphatic carbocycles. The van der Waals surface area contributed by atoms with Crippen LogP contribution < -0.4 is 10.1 Å². The maximum Gasteiger partial charge on any atom is 0.573 e. The summed E-state index contributed by atoms with van der Waals surface area (Å²) >= 11 is 5.85. The van der Waals surface area contributed by atoms with Crippen LogP contribution in [0.15, 0.2) is 53.1 Å². The molecule has 29 heavy (non-hydrogen) atoms. The van der Waals surface area contributed by atoms with Gasteiger partial charge in [0.15, 0.2) is 0 Å². The van der Waals surface area contributed by atoms with Crippen molar-refractivity contribution in [1.29, 1.82) is 0 Å². The minimum absolute atomic E-state index is 0.0639. The van der Waals surface area contributed by atoms with Gasteiger partial charge < -0.3 is 19.7 Å². The van der Waals surface area contributed by atoms with Crippen molar-refractivity contribution in [3.8, 4) is 17.1 Å². The smallest absolute Gasteiger partial charge is 0.406 e. The van der Waals surface area contributed by atoms with E-state index in [1.54, 1.807) is 18.2 Å². The highest BCUT2D eigenvalue weighted by Crippen LogP contribution is 2.26. The Hall–Kier alpha value is -3.11. The van der Waals surface area contributed by atoms with Crippen LogP contribution in [0.3, 0.4) is 0 Å². The van der Waals surface area contributed by atoms with Gasteiger partial charge in [-0.05, 0) is 42.5 Å². The number of aromatic nitrogens is 2. The van der Waals surface area contributed by atoms with Crippen molar-refractivity contribution in [3.05, 3.63) is 65.0 Å². The Kier molecular flexibility index (Phi) is 6.04. The van der Waals surface area contributed by atoms with E-state index in [1.165, 1.54) is 18.2 Å². The first-order valence-corrected chi connectivity index (χ1v) is 8.50. The van der Waals surface area contributed by atoms with E-state index in [9.17, 15) is 23.1 Å². The summed E-state index contributed by atoms with van der Waals surface area (Å²) in [6.07, 6.45) is -4.80. The number of aliphatic hydroxyl groups excluding tert-OH is 1. The summed E-state index contributed by atoms with van der Waals surface area (Å²) in [5, 5.41) is 16.2. The number of hydrogen-bond acceptors (Lipinski definition) is 6. The van der Waals surface area contributed by atoms with Gasteiger partial charge >= 0.3 is 6.36 Å². The first-order chi connectivity index (χ1) is 13.7. The number of hydrogen-bond donors (Lipinski definition) is 2. The lowest BCUT2D eigenvalue weighted by molar-refractivity contribution is -0.274. The third kappa shape index (κ3) is 5.46. The highest BCUT2D eigenvalue weighted by molar-refractivity contribution is 6.30. The molecule has 3 rings (SSSR count). The molecule has 1 heterocycles. The Balaban J connectivity index is 1.72. The summed E-state index contributed by atoms with van der Waals surface area (Å²) in [6.45, 7) is -0.522. The van der Waals surface area contributed by atoms with Crippen LogP contribution in [-0.4, -0.2) is 34.1 Å². The number of carbonyl (C=O) groups is 1. The van der Waals surface area contributed by atoms with Crippen molar-refractivity contribution in [1.82, 2.24) is 15.5 Å². The average Bonchev–Trinajstić information content (AvgIpc) is 3.15. The maximum absolute atomic E-state index is 12.3. The van der Waals surface area contributed by atoms with E-state index in [0.717, 1.165) is 12.1 Å². The topological polar surface area (TPSA) is 97.5 Å². The van der Waals surface area contributed by atoms with Gasteiger partial charge in [0.05, 0.1) is 6.61 Å². The first kappa shape index (κ1) is 20.6. The molecular weight excluding hydrogens is 415 g/mol. The van der Waals surface area contributed by atoms with Gasteiger partial charge in [0.25, 0.3) is 11.8 Å². The molecule has 7 nitrogen and oxygen atoms in total. The van der Waals surface area contributed by atoms with Crippen LogP contribution in [0.2, 0.25) is 5.02 Å². The number of alkyl halides is 3. The summed E-state index contributed by atoms with van der Waals surface area (Å²) in [7, 11) is 0. The second-order valence-corrected chi connectivity index (χ2v) is 6.18. The molecule has 1 atom stereocenters. The molecule has 3 aromatic rings. The Labute approximate surface area is 167 Å². The van der Waals surface area contributed by atoms with Gasteiger partial charge in [-0.15, -0.1) is 13.2 Å². The van der Waals surface area contributed by atoms with Crippen molar-refractivity contribution in [3.63, 3.8) is 0 Å². The highest BCUT2D eigenvalue weighted by Gasteiger charge is 2.31. The van der Waals surface area contributed by atoms with E-state index < -0.39 is 30.7 Å². The fraction of sp³-hybridized carbons (Fsp3) is 0.167. The number of amides is 1. The first-order valence-electron chi connectivity index (χ1n) is 8.12. The molecule has 0 aliphatic heterocycles. The third-order valence-electron chi connectivity index (χ3n) is 3.66. The summed E-state index contributed by atoms with van der Waals surface area (Å²) < 4.78 is 45.5. The lowest BCUT2D eigenvalue weighted by Crippen LogP contribution is -2.31. The standard InChI is InChI=1S/C18H13ClF3N3O4/c19-12-3-1-2-11(8-12)16(27)23-14(9-26)17-24-15(25-29-17)10-4-6-13(7-5-10)28-18(20,21)22/h1-8,14,26H,9H2,(H,23,27)/t14-/m0/s1. The minimum Gasteiger partial charge on any atom is -0.406 e. The summed E-state index contributed by atoms with van der Waals surface area (Å²) in [6, 6.07) is 10.0. The van der Waals surface area contributed by atoms with Gasteiger partial charge in [0.2, 0.25) is 5.82 Å². The number of nitrogens with one attached hydrogen (secondary N) is 1. The predicted octanol–water partition coefficient (Wildman–Crippen LogP) is 3.75. The number of carbonyl (C=O) groups excluding carboxylic acids is 1. The number of nitrogens with zero attached hydrogens (tertiary/aromatic N) is 2. The fourth-order valence-electron chi connectivity index (χ4n) is 2.36. The Morgan fingerprint density at radius 3 is 2.59 bits per heavy atom. The Morgan fingerprint density at radius 1 is 1.24 bits per heavy atom. The molecule has 0 spiro atoms. The van der Waals surface area contributed by atoms with Gasteiger partial charge in [0, 0.05) is 16.1 Å². The quantitative estimate of drug-likeness (QED) is 0.621. The molecule has 0 saturated heterocycles. The van der Waals surface area contributed by atoms with Crippen molar-refractivity contribution in [2.24, 2.45) is 0 Å². The van der Waals surface area contributed by atoms with E-state index in [2.05, 4.69) is 20.2 Å². The molecule has 0 radical (unpaired) electrons. The molecule has 0 unspecified atom stereocenters. The normalized spacial score (nSPS) is 12.4. The van der Waals surface area contributed by atoms with Crippen molar-refractivity contribution >= 4 is 17.5 Å². The Bertz CT molecular complexity index is 993. The molecule has 152 valence electrons. The van der Waals surface area contributed by atoms with Gasteiger partial charge in [-0.25, -0.2) is 0 Å². The van der Waals surface area contributed by atoms with Crippen LogP contribution in [-0.2, 0) is 0 Å². The highest BCUT2D eigenvalue weighted by atomic mass is 35.5. The molecule has 0 saturated carbocycles. The fourth-order valence-corrected chi connectivity index (χ4v) is 2.55. The van der Waals surface area contributed by atoms with Gasteiger partial charge in [-0.2, -0.15) is 4.98 Å². The van der Waals surface area contributed by atoms with E-state index in [4.69, 9.17) is 16.1 Å². The number of aliphatic hydroxyl groups is 1. The molecule has 1 aromatic heterocycles. The lowest BCUT2D eigenvalue weighted by Gasteiger charge is -2.12. The molecule has 11 heteroatoms. The van der Waals surface area contributed by atoms with Crippen LogP contribution >= 0.6 is 11.6 Å². The molecule has 2 N–H and O–H groups in total. The van der Waals surface area contributed by atoms with Crippen molar-refractivity contribution < 1.29 is 32.3 Å². The largest absolute Gasteiger partial charge is 0.573 e. The SMILES string of the molecule is O=C(N[C@@H](CO)c1nc(-c2ccc(OC(F)(F)F)cc2)no1)c1cccc(Cl)c1. The van der Waals surface area contributed by atoms with Crippen LogP contribution in [0.1, 0.15) is 22.3 Å². The molecule has 2 aromatic carbocycles. The maximum atomic E-state index is 12.3. The predicted molar refractivity (Wildman–Crippen MR) is 95.2 cm³/mol. The van der Waals surface area contributed by atoms with Crippen LogP contribution in [0.4, 0.5) is 13.2 Å². The van der Waals surface area contributed by atoms with Gasteiger partial charge in [-0.3, -0.25) is 4.79 Å². The molecular formula is C18H13ClF3N3O4. The Morgan fingerprint density at radius 2 is 1.97 bits per heavy atom. The number of halogens is 4. The minimum atomic E-state index is -4.80. The van der Waals surface area contributed by atoms with Gasteiger partial charge in [0.1, 0.15) is 11.8 Å². The third-order valence-corrected chi connectivity index (χ3v) is 3.90. The van der Waals surface area contributed by atoms with E-state index in [-0.39, 0.29) is 17.3 Å². The lowest BCUT2D eigenvalue weighted by atomic mass is 10.2. The summed E-state index contributed by atoms with van der Waals surface area (Å²) in [5.74, 6) is -0.922. The summed E-state index contributed by atoms with van der Waals surface area (Å²) in [5.41, 5.74) is 0.628. The molecule has 1 amide bonds. The van der Waals surface area contributed by atoms with E-state index in [1.807, 2.05) is 0 Å². The zero-order valence-corrected chi connectivity index (χ0v) is 15.2. The molecule has 0 bridgehead atoms. The van der Waals surface area contributed by atoms with E-state index >= 15 is 0 Å². The van der Waals surface area contributed by atoms with Crippen LogP contribution in [0.5, 0.6) is 5.75 Å². The van der Waals surface area contributed by atoms with E-state index in [0.29, 0.717) is 10.6 Å². The zero-order chi connectivity index (χ0) is 21.0. The number of ether oxygens (including phenoxy) is 1. The van der Waals surface area contributed by atoms with Gasteiger partial charge in [-0.1, -0.05) is 22.8 Å². The number of rotatable bonds is 6.